The molecule has 0 aromatic heterocycles. The first-order chi connectivity index (χ1) is 25.2. The Labute approximate surface area is 338 Å². The van der Waals surface area contributed by atoms with Gasteiger partial charge in [0.05, 0.1) is 0 Å². The summed E-state index contributed by atoms with van der Waals surface area (Å²) in [7, 11) is -4.42. The largest absolute Gasteiger partial charge is 0.647 e. The highest BCUT2D eigenvalue weighted by Gasteiger charge is 2.41. The molecular formula is C50H79O4P. The minimum absolute atomic E-state index is 0.0341. The lowest BCUT2D eigenvalue weighted by Gasteiger charge is -2.35. The predicted octanol–water partition coefficient (Wildman–Crippen LogP) is 16.0. The molecular weight excluding hydrogens is 696 g/mol. The van der Waals surface area contributed by atoms with Gasteiger partial charge in [-0.1, -0.05) is 162 Å². The minimum Gasteiger partial charge on any atom is -0.386 e. The van der Waals surface area contributed by atoms with Crippen molar-refractivity contribution in [2.75, 3.05) is 0 Å². The number of phosphoric ester groups is 1. The highest BCUT2D eigenvalue weighted by Crippen LogP contribution is 2.56. The van der Waals surface area contributed by atoms with Crippen molar-refractivity contribution < 1.29 is 18.1 Å². The summed E-state index contributed by atoms with van der Waals surface area (Å²) in [6.45, 7) is 42.6. The Balaban J connectivity index is 2.47. The molecule has 0 unspecified atom stereocenters. The molecule has 4 nitrogen and oxygen atoms in total. The monoisotopic (exact) mass is 775 g/mol. The molecule has 0 saturated heterocycles. The van der Waals surface area contributed by atoms with E-state index in [9.17, 15) is 0 Å². The number of hydrogen-bond donors (Lipinski definition) is 0. The van der Waals surface area contributed by atoms with Gasteiger partial charge in [-0.25, -0.2) is 0 Å². The van der Waals surface area contributed by atoms with Crippen LogP contribution in [0.2, 0.25) is 0 Å². The summed E-state index contributed by atoms with van der Waals surface area (Å²) in [5, 5.41) is 0. The van der Waals surface area contributed by atoms with Crippen LogP contribution in [0.4, 0.5) is 0 Å². The van der Waals surface area contributed by atoms with Crippen LogP contribution in [0.25, 0.3) is 0 Å². The van der Waals surface area contributed by atoms with Crippen molar-refractivity contribution in [2.45, 2.75) is 209 Å². The Kier molecular flexibility index (Phi) is 14.4. The van der Waals surface area contributed by atoms with Gasteiger partial charge in [-0.15, -0.1) is 0 Å². The van der Waals surface area contributed by atoms with Gasteiger partial charge >= 0.3 is 7.82 Å². The van der Waals surface area contributed by atoms with Gasteiger partial charge in [0.2, 0.25) is 0 Å². The van der Waals surface area contributed by atoms with E-state index in [0.29, 0.717) is 17.2 Å². The zero-order valence-corrected chi connectivity index (χ0v) is 39.5. The van der Waals surface area contributed by atoms with Crippen LogP contribution in [0, 0.1) is 0 Å². The van der Waals surface area contributed by atoms with Crippen molar-refractivity contribution in [3.8, 4) is 17.2 Å². The van der Waals surface area contributed by atoms with Gasteiger partial charge in [0, 0.05) is 16.7 Å². The van der Waals surface area contributed by atoms with Crippen LogP contribution >= 0.6 is 7.82 Å². The first kappa shape index (κ1) is 46.7. The summed E-state index contributed by atoms with van der Waals surface area (Å²) in [5.41, 5.74) is 7.18. The third kappa shape index (κ3) is 10.1. The molecule has 0 aliphatic rings. The zero-order valence-electron chi connectivity index (χ0n) is 38.6. The number of rotatable bonds is 19. The van der Waals surface area contributed by atoms with E-state index in [0.717, 1.165) is 61.6 Å². The van der Waals surface area contributed by atoms with Crippen LogP contribution in [0.15, 0.2) is 48.5 Å². The average Bonchev–Trinajstić information content (AvgIpc) is 3.14. The molecule has 0 atom stereocenters. The van der Waals surface area contributed by atoms with Gasteiger partial charge in [0.15, 0.2) is 0 Å². The Morgan fingerprint density at radius 3 is 1.09 bits per heavy atom. The molecule has 0 bridgehead atoms. The third-order valence-electron chi connectivity index (χ3n) is 13.9. The van der Waals surface area contributed by atoms with Crippen molar-refractivity contribution >= 4 is 7.82 Å². The molecule has 0 fully saturated rings. The molecule has 0 aliphatic heterocycles. The molecule has 3 aromatic carbocycles. The summed E-state index contributed by atoms with van der Waals surface area (Å²) in [6, 6.07) is 16.9. The molecule has 3 aromatic rings. The first-order valence-corrected chi connectivity index (χ1v) is 22.9. The van der Waals surface area contributed by atoms with Crippen LogP contribution in [0.5, 0.6) is 17.2 Å². The molecule has 0 N–H and O–H groups in total. The van der Waals surface area contributed by atoms with Gasteiger partial charge in [-0.2, -0.15) is 4.57 Å². The Morgan fingerprint density at radius 1 is 0.418 bits per heavy atom. The van der Waals surface area contributed by atoms with Crippen LogP contribution in [0.1, 0.15) is 209 Å². The molecule has 0 radical (unpaired) electrons. The molecule has 0 amide bonds. The summed E-state index contributed by atoms with van der Waals surface area (Å²) in [5.74, 6) is 1.62. The normalized spacial score (nSPS) is 13.6. The van der Waals surface area contributed by atoms with Crippen LogP contribution in [0.3, 0.4) is 0 Å². The van der Waals surface area contributed by atoms with E-state index in [1.165, 1.54) is 22.3 Å². The van der Waals surface area contributed by atoms with E-state index < -0.39 is 7.82 Å². The first-order valence-electron chi connectivity index (χ1n) is 21.4. The van der Waals surface area contributed by atoms with E-state index in [1.54, 1.807) is 0 Å². The Hall–Kier alpha value is -2.71. The number of benzene rings is 3. The smallest absolute Gasteiger partial charge is 0.386 e. The second-order valence-electron chi connectivity index (χ2n) is 19.9. The molecule has 55 heavy (non-hydrogen) atoms. The topological polar surface area (TPSA) is 44.8 Å². The highest BCUT2D eigenvalue weighted by atomic mass is 31.2. The minimum atomic E-state index is -4.42. The lowest BCUT2D eigenvalue weighted by Crippen LogP contribution is -2.25. The van der Waals surface area contributed by atoms with Crippen molar-refractivity contribution in [1.82, 2.24) is 0 Å². The van der Waals surface area contributed by atoms with Crippen LogP contribution < -0.4 is 13.6 Å². The Bertz CT molecular complexity index is 1740. The van der Waals surface area contributed by atoms with Crippen molar-refractivity contribution in [3.05, 3.63) is 87.5 Å². The van der Waals surface area contributed by atoms with Crippen LogP contribution in [-0.2, 0) is 43.5 Å². The van der Waals surface area contributed by atoms with E-state index in [4.69, 9.17) is 13.6 Å². The molecule has 0 heterocycles. The maximum Gasteiger partial charge on any atom is 0.647 e. The molecule has 5 heteroatoms. The predicted molar refractivity (Wildman–Crippen MR) is 238 cm³/mol. The second-order valence-corrected chi connectivity index (χ2v) is 21.3. The molecule has 0 saturated carbocycles. The standard InChI is InChI=1S/C50H79O4P/c1-20-37-38(47(12,13)23-4)29-32-43(44(37)50(18,19)26-7)54-55(51,52-41-30-27-35(45(8,9)21-2)33-39(41)48(14,15)24-5)53-42-31-28-36(46(10,11)22-3)34-40(42)49(16,17)25-6/h27-34H,20-26H2,1-19H3. The summed E-state index contributed by atoms with van der Waals surface area (Å²) in [4.78, 5) is 0. The fraction of sp³-hybridized carbons (Fsp3) is 0.640. The van der Waals surface area contributed by atoms with E-state index in [-0.39, 0.29) is 32.5 Å². The zero-order chi connectivity index (χ0) is 42.0. The summed E-state index contributed by atoms with van der Waals surface area (Å²) >= 11 is 0. The fourth-order valence-corrected chi connectivity index (χ4v) is 8.44. The third-order valence-corrected chi connectivity index (χ3v) is 15.2. The van der Waals surface area contributed by atoms with E-state index in [2.05, 4.69) is 162 Å². The maximum atomic E-state index is 16.0. The van der Waals surface area contributed by atoms with E-state index >= 15 is 4.57 Å². The SMILES string of the molecule is CCc1c(C(C)(C)CC)ccc(OP(=O)(Oc2ccc(C(C)(C)CC)cc2C(C)(C)CC)Oc2ccc(C(C)(C)CC)cc2C(C)(C)CC)c1C(C)(C)CC. The molecule has 3 rings (SSSR count). The molecule has 308 valence electrons. The van der Waals surface area contributed by atoms with Gasteiger partial charge in [-0.05, 0) is 118 Å². The van der Waals surface area contributed by atoms with Crippen molar-refractivity contribution in [3.63, 3.8) is 0 Å². The fourth-order valence-electron chi connectivity index (χ4n) is 7.14. The van der Waals surface area contributed by atoms with Gasteiger partial charge < -0.3 is 13.6 Å². The van der Waals surface area contributed by atoms with Gasteiger partial charge in [-0.3, -0.25) is 0 Å². The molecule has 0 aliphatic carbocycles. The van der Waals surface area contributed by atoms with E-state index in [1.807, 2.05) is 18.2 Å². The van der Waals surface area contributed by atoms with Crippen molar-refractivity contribution in [2.24, 2.45) is 0 Å². The maximum absolute atomic E-state index is 16.0. The lowest BCUT2D eigenvalue weighted by atomic mass is 9.72. The highest BCUT2D eigenvalue weighted by molar-refractivity contribution is 7.49. The second kappa shape index (κ2) is 17.0. The summed E-state index contributed by atoms with van der Waals surface area (Å²) in [6.07, 6.45) is 6.44. The van der Waals surface area contributed by atoms with Gasteiger partial charge in [0.1, 0.15) is 17.2 Å². The van der Waals surface area contributed by atoms with Crippen molar-refractivity contribution in [1.29, 1.82) is 0 Å². The summed E-state index contributed by atoms with van der Waals surface area (Å²) < 4.78 is 36.6. The van der Waals surface area contributed by atoms with Gasteiger partial charge in [0.25, 0.3) is 0 Å². The Morgan fingerprint density at radius 2 is 0.745 bits per heavy atom. The molecule has 0 spiro atoms. The van der Waals surface area contributed by atoms with Crippen LogP contribution in [-0.4, -0.2) is 0 Å². The lowest BCUT2D eigenvalue weighted by molar-refractivity contribution is 0.288. The number of hydrogen-bond acceptors (Lipinski definition) is 4. The number of phosphoric acid groups is 1. The average molecular weight is 775 g/mol. The quantitative estimate of drug-likeness (QED) is 0.114.